The molecule has 0 bridgehead atoms. The highest BCUT2D eigenvalue weighted by Gasteiger charge is 2.17. The zero-order valence-electron chi connectivity index (χ0n) is 13.6. The Kier molecular flexibility index (Phi) is 8.06. The topological polar surface area (TPSA) is 67.4 Å². The third kappa shape index (κ3) is 6.20. The quantitative estimate of drug-likeness (QED) is 0.747. The SMILES string of the molecule is CC(=O)c1cccc(OC(C)C(=O)NCCC2CCNC2)c1.Cl. The van der Waals surface area contributed by atoms with Crippen molar-refractivity contribution in [1.29, 1.82) is 0 Å². The number of halogens is 1. The summed E-state index contributed by atoms with van der Waals surface area (Å²) in [5.41, 5.74) is 0.582. The third-order valence-electron chi connectivity index (χ3n) is 3.94. The second kappa shape index (κ2) is 9.53. The molecular formula is C17H25ClN2O3. The molecule has 128 valence electrons. The summed E-state index contributed by atoms with van der Waals surface area (Å²) in [6.45, 7) is 6.01. The number of carbonyl (C=O) groups is 2. The van der Waals surface area contributed by atoms with E-state index in [1.54, 1.807) is 31.2 Å². The highest BCUT2D eigenvalue weighted by atomic mass is 35.5. The van der Waals surface area contributed by atoms with Gasteiger partial charge in [-0.2, -0.15) is 0 Å². The number of ketones is 1. The molecule has 1 aliphatic rings. The van der Waals surface area contributed by atoms with Gasteiger partial charge in [0.25, 0.3) is 5.91 Å². The lowest BCUT2D eigenvalue weighted by Crippen LogP contribution is -2.37. The number of benzene rings is 1. The number of hydrogen-bond acceptors (Lipinski definition) is 4. The molecule has 1 aromatic carbocycles. The van der Waals surface area contributed by atoms with E-state index in [0.29, 0.717) is 23.8 Å². The molecule has 1 aliphatic heterocycles. The van der Waals surface area contributed by atoms with Crippen LogP contribution in [0.15, 0.2) is 24.3 Å². The van der Waals surface area contributed by atoms with E-state index >= 15 is 0 Å². The fraction of sp³-hybridized carbons (Fsp3) is 0.529. The van der Waals surface area contributed by atoms with Gasteiger partial charge in [-0.3, -0.25) is 9.59 Å². The van der Waals surface area contributed by atoms with Crippen molar-refractivity contribution in [3.05, 3.63) is 29.8 Å². The minimum atomic E-state index is -0.580. The standard InChI is InChI=1S/C17H24N2O3.ClH/c1-12(20)15-4-3-5-16(10-15)22-13(2)17(21)19-9-7-14-6-8-18-11-14;/h3-5,10,13-14,18H,6-9,11H2,1-2H3,(H,19,21);1H. The summed E-state index contributed by atoms with van der Waals surface area (Å²) in [4.78, 5) is 23.4. The predicted octanol–water partition coefficient (Wildman–Crippen LogP) is 2.19. The fourth-order valence-corrected chi connectivity index (χ4v) is 2.55. The van der Waals surface area contributed by atoms with Crippen molar-refractivity contribution in [3.8, 4) is 5.75 Å². The lowest BCUT2D eigenvalue weighted by molar-refractivity contribution is -0.127. The van der Waals surface area contributed by atoms with Gasteiger partial charge in [0, 0.05) is 12.1 Å². The molecule has 0 aliphatic carbocycles. The summed E-state index contributed by atoms with van der Waals surface area (Å²) in [7, 11) is 0. The van der Waals surface area contributed by atoms with E-state index in [1.165, 1.54) is 13.3 Å². The molecule has 0 spiro atoms. The van der Waals surface area contributed by atoms with Crippen LogP contribution < -0.4 is 15.4 Å². The average Bonchev–Trinajstić information content (AvgIpc) is 3.00. The second-order valence-corrected chi connectivity index (χ2v) is 5.78. The van der Waals surface area contributed by atoms with Crippen LogP contribution in [0.2, 0.25) is 0 Å². The highest BCUT2D eigenvalue weighted by molar-refractivity contribution is 5.94. The number of hydrogen-bond donors (Lipinski definition) is 2. The van der Waals surface area contributed by atoms with Gasteiger partial charge in [-0.1, -0.05) is 12.1 Å². The van der Waals surface area contributed by atoms with Crippen LogP contribution in [-0.4, -0.2) is 37.4 Å². The molecule has 5 nitrogen and oxygen atoms in total. The molecule has 2 unspecified atom stereocenters. The molecule has 2 N–H and O–H groups in total. The van der Waals surface area contributed by atoms with Crippen LogP contribution in [0.5, 0.6) is 5.75 Å². The summed E-state index contributed by atoms with van der Waals surface area (Å²) in [6, 6.07) is 6.90. The molecule has 0 saturated carbocycles. The monoisotopic (exact) mass is 340 g/mol. The first-order valence-electron chi connectivity index (χ1n) is 7.82. The first-order valence-corrected chi connectivity index (χ1v) is 7.82. The first-order chi connectivity index (χ1) is 10.6. The second-order valence-electron chi connectivity index (χ2n) is 5.78. The maximum atomic E-state index is 12.0. The van der Waals surface area contributed by atoms with Crippen LogP contribution in [0.1, 0.15) is 37.0 Å². The van der Waals surface area contributed by atoms with E-state index in [4.69, 9.17) is 4.74 Å². The molecule has 2 atom stereocenters. The summed E-state index contributed by atoms with van der Waals surface area (Å²) >= 11 is 0. The number of rotatable bonds is 7. The molecular weight excluding hydrogens is 316 g/mol. The van der Waals surface area contributed by atoms with E-state index in [9.17, 15) is 9.59 Å². The molecule has 0 radical (unpaired) electrons. The van der Waals surface area contributed by atoms with Crippen molar-refractivity contribution in [2.24, 2.45) is 5.92 Å². The van der Waals surface area contributed by atoms with E-state index in [2.05, 4.69) is 10.6 Å². The molecule has 0 aromatic heterocycles. The summed E-state index contributed by atoms with van der Waals surface area (Å²) < 4.78 is 5.61. The van der Waals surface area contributed by atoms with Crippen molar-refractivity contribution < 1.29 is 14.3 Å². The van der Waals surface area contributed by atoms with Gasteiger partial charge in [0.2, 0.25) is 0 Å². The van der Waals surface area contributed by atoms with E-state index in [1.807, 2.05) is 0 Å². The van der Waals surface area contributed by atoms with Crippen molar-refractivity contribution in [2.45, 2.75) is 32.8 Å². The molecule has 1 aromatic rings. The zero-order chi connectivity index (χ0) is 15.9. The van der Waals surface area contributed by atoms with Gasteiger partial charge >= 0.3 is 0 Å². The lowest BCUT2D eigenvalue weighted by atomic mass is 10.1. The van der Waals surface area contributed by atoms with Crippen molar-refractivity contribution >= 4 is 24.1 Å². The van der Waals surface area contributed by atoms with Crippen molar-refractivity contribution in [3.63, 3.8) is 0 Å². The molecule has 1 heterocycles. The molecule has 1 amide bonds. The van der Waals surface area contributed by atoms with Gasteiger partial charge < -0.3 is 15.4 Å². The molecule has 1 saturated heterocycles. The number of Topliss-reactive ketones (excluding diaryl/α,β-unsaturated/α-hetero) is 1. The predicted molar refractivity (Wildman–Crippen MR) is 92.4 cm³/mol. The van der Waals surface area contributed by atoms with Gasteiger partial charge in [0.15, 0.2) is 11.9 Å². The number of ether oxygens (including phenoxy) is 1. The largest absolute Gasteiger partial charge is 0.481 e. The summed E-state index contributed by atoms with van der Waals surface area (Å²) in [6.07, 6.45) is 1.59. The van der Waals surface area contributed by atoms with Gasteiger partial charge in [-0.25, -0.2) is 0 Å². The van der Waals surface area contributed by atoms with Crippen molar-refractivity contribution in [1.82, 2.24) is 10.6 Å². The Bertz CT molecular complexity index is 530. The van der Waals surface area contributed by atoms with E-state index in [-0.39, 0.29) is 24.1 Å². The van der Waals surface area contributed by atoms with Crippen LogP contribution in [0.4, 0.5) is 0 Å². The Hall–Kier alpha value is -1.59. The Morgan fingerprint density at radius 3 is 2.87 bits per heavy atom. The number of amides is 1. The normalized spacial score (nSPS) is 17.9. The van der Waals surface area contributed by atoms with E-state index in [0.717, 1.165) is 19.5 Å². The van der Waals surface area contributed by atoms with Gasteiger partial charge in [0.05, 0.1) is 0 Å². The van der Waals surface area contributed by atoms with Crippen LogP contribution in [0, 0.1) is 5.92 Å². The summed E-state index contributed by atoms with van der Waals surface area (Å²) in [5, 5.41) is 6.22. The Morgan fingerprint density at radius 2 is 2.22 bits per heavy atom. The Labute approximate surface area is 143 Å². The van der Waals surface area contributed by atoms with Crippen LogP contribution >= 0.6 is 12.4 Å². The van der Waals surface area contributed by atoms with Crippen LogP contribution in [0.25, 0.3) is 0 Å². The highest BCUT2D eigenvalue weighted by Crippen LogP contribution is 2.15. The van der Waals surface area contributed by atoms with Crippen molar-refractivity contribution in [2.75, 3.05) is 19.6 Å². The Morgan fingerprint density at radius 1 is 1.43 bits per heavy atom. The number of carbonyl (C=O) groups excluding carboxylic acids is 2. The zero-order valence-corrected chi connectivity index (χ0v) is 14.4. The van der Waals surface area contributed by atoms with E-state index < -0.39 is 6.10 Å². The molecule has 1 fully saturated rings. The summed E-state index contributed by atoms with van der Waals surface area (Å²) in [5.74, 6) is 1.05. The third-order valence-corrected chi connectivity index (χ3v) is 3.94. The molecule has 23 heavy (non-hydrogen) atoms. The molecule has 6 heteroatoms. The fourth-order valence-electron chi connectivity index (χ4n) is 2.55. The molecule has 2 rings (SSSR count). The number of nitrogens with one attached hydrogen (secondary N) is 2. The van der Waals surface area contributed by atoms with Crippen LogP contribution in [0.3, 0.4) is 0 Å². The maximum Gasteiger partial charge on any atom is 0.260 e. The van der Waals surface area contributed by atoms with Crippen LogP contribution in [-0.2, 0) is 4.79 Å². The first kappa shape index (κ1) is 19.5. The van der Waals surface area contributed by atoms with Gasteiger partial charge in [0.1, 0.15) is 5.75 Å². The Balaban J connectivity index is 0.00000264. The van der Waals surface area contributed by atoms with Gasteiger partial charge in [-0.05, 0) is 57.8 Å². The average molecular weight is 341 g/mol. The lowest BCUT2D eigenvalue weighted by Gasteiger charge is -2.16. The minimum absolute atomic E-state index is 0. The maximum absolute atomic E-state index is 12.0. The minimum Gasteiger partial charge on any atom is -0.481 e. The smallest absolute Gasteiger partial charge is 0.260 e. The van der Waals surface area contributed by atoms with Gasteiger partial charge in [-0.15, -0.1) is 12.4 Å².